The molecule has 1 N–H and O–H groups in total. The number of amides is 1. The highest BCUT2D eigenvalue weighted by Crippen LogP contribution is 2.18. The van der Waals surface area contributed by atoms with E-state index in [0.29, 0.717) is 11.5 Å². The predicted octanol–water partition coefficient (Wildman–Crippen LogP) is 4.67. The molecular formula is C20H24N2O. The maximum absolute atomic E-state index is 12.3. The van der Waals surface area contributed by atoms with Crippen LogP contribution in [0.5, 0.6) is 0 Å². The second-order valence-electron chi connectivity index (χ2n) is 6.12. The quantitative estimate of drug-likeness (QED) is 0.870. The average molecular weight is 308 g/mol. The molecule has 0 heterocycles. The van der Waals surface area contributed by atoms with E-state index in [2.05, 4.69) is 31.3 Å². The third-order valence-electron chi connectivity index (χ3n) is 3.47. The first kappa shape index (κ1) is 16.8. The molecule has 2 aromatic rings. The molecule has 0 spiro atoms. The maximum Gasteiger partial charge on any atom is 0.255 e. The van der Waals surface area contributed by atoms with Gasteiger partial charge in [-0.2, -0.15) is 0 Å². The number of allylic oxidation sites excluding steroid dienone is 1. The highest BCUT2D eigenvalue weighted by molar-refractivity contribution is 6.04. The fourth-order valence-electron chi connectivity index (χ4n) is 2.11. The molecule has 1 amide bonds. The zero-order valence-electron chi connectivity index (χ0n) is 14.2. The smallest absolute Gasteiger partial charge is 0.255 e. The zero-order chi connectivity index (χ0) is 16.8. The van der Waals surface area contributed by atoms with Crippen LogP contribution in [-0.2, 0) is 0 Å². The Balaban J connectivity index is 2.07. The van der Waals surface area contributed by atoms with Crippen LogP contribution < -0.4 is 10.2 Å². The summed E-state index contributed by atoms with van der Waals surface area (Å²) in [6.45, 7) is 4.28. The Morgan fingerprint density at radius 3 is 2.39 bits per heavy atom. The third-order valence-corrected chi connectivity index (χ3v) is 3.47. The van der Waals surface area contributed by atoms with Crippen molar-refractivity contribution >= 4 is 23.4 Å². The van der Waals surface area contributed by atoms with Crippen molar-refractivity contribution in [3.05, 3.63) is 65.7 Å². The number of benzene rings is 2. The molecule has 0 radical (unpaired) electrons. The fourth-order valence-corrected chi connectivity index (χ4v) is 2.11. The first-order chi connectivity index (χ1) is 11.0. The molecule has 0 unspecified atom stereocenters. The van der Waals surface area contributed by atoms with E-state index in [1.165, 1.54) is 0 Å². The normalized spacial score (nSPS) is 11.0. The Labute approximate surface area is 138 Å². The van der Waals surface area contributed by atoms with Gasteiger partial charge >= 0.3 is 0 Å². The van der Waals surface area contributed by atoms with E-state index in [0.717, 1.165) is 16.9 Å². The molecule has 0 aliphatic rings. The molecule has 2 rings (SSSR count). The predicted molar refractivity (Wildman–Crippen MR) is 99.0 cm³/mol. The van der Waals surface area contributed by atoms with Gasteiger partial charge in [-0.15, -0.1) is 0 Å². The van der Waals surface area contributed by atoms with Gasteiger partial charge in [-0.05, 0) is 41.8 Å². The van der Waals surface area contributed by atoms with Crippen LogP contribution in [-0.4, -0.2) is 20.0 Å². The maximum atomic E-state index is 12.3. The summed E-state index contributed by atoms with van der Waals surface area (Å²) < 4.78 is 0. The van der Waals surface area contributed by atoms with Crippen molar-refractivity contribution in [3.63, 3.8) is 0 Å². The van der Waals surface area contributed by atoms with Crippen LogP contribution in [0.25, 0.3) is 6.08 Å². The van der Waals surface area contributed by atoms with Crippen molar-refractivity contribution in [3.8, 4) is 0 Å². The van der Waals surface area contributed by atoms with Gasteiger partial charge in [-0.25, -0.2) is 0 Å². The molecular weight excluding hydrogens is 284 g/mol. The van der Waals surface area contributed by atoms with E-state index in [1.54, 1.807) is 0 Å². The Hall–Kier alpha value is -2.55. The molecule has 0 aliphatic carbocycles. The Morgan fingerprint density at radius 2 is 1.78 bits per heavy atom. The first-order valence-electron chi connectivity index (χ1n) is 7.82. The van der Waals surface area contributed by atoms with Crippen molar-refractivity contribution < 1.29 is 4.79 Å². The summed E-state index contributed by atoms with van der Waals surface area (Å²) in [6, 6.07) is 15.4. The summed E-state index contributed by atoms with van der Waals surface area (Å²) in [6.07, 6.45) is 4.22. The van der Waals surface area contributed by atoms with Crippen LogP contribution in [0.4, 0.5) is 11.4 Å². The molecule has 120 valence electrons. The monoisotopic (exact) mass is 308 g/mol. The second-order valence-corrected chi connectivity index (χ2v) is 6.12. The highest BCUT2D eigenvalue weighted by Gasteiger charge is 2.06. The molecule has 2 aromatic carbocycles. The molecule has 0 aromatic heterocycles. The van der Waals surface area contributed by atoms with Gasteiger partial charge in [0.1, 0.15) is 0 Å². The van der Waals surface area contributed by atoms with E-state index in [1.807, 2.05) is 67.5 Å². The number of nitrogens with one attached hydrogen (secondary N) is 1. The summed E-state index contributed by atoms with van der Waals surface area (Å²) in [5, 5.41) is 2.94. The zero-order valence-corrected chi connectivity index (χ0v) is 14.2. The standard InChI is InChI=1S/C20H24N2O/c1-15(2)8-9-16-10-12-17(13-11-16)20(23)21-18-6-5-7-19(14-18)22(3)4/h5-15H,1-4H3,(H,21,23). The summed E-state index contributed by atoms with van der Waals surface area (Å²) in [5.41, 5.74) is 3.61. The Bertz CT molecular complexity index is 685. The minimum absolute atomic E-state index is 0.0969. The molecule has 0 aliphatic heterocycles. The number of rotatable bonds is 5. The van der Waals surface area contributed by atoms with Gasteiger partial charge in [0.25, 0.3) is 5.91 Å². The van der Waals surface area contributed by atoms with Gasteiger partial charge in [0, 0.05) is 31.0 Å². The van der Waals surface area contributed by atoms with Crippen LogP contribution in [0.15, 0.2) is 54.6 Å². The second kappa shape index (κ2) is 7.63. The molecule has 0 saturated carbocycles. The molecule has 23 heavy (non-hydrogen) atoms. The lowest BCUT2D eigenvalue weighted by Crippen LogP contribution is -2.13. The molecule has 0 fully saturated rings. The van der Waals surface area contributed by atoms with E-state index in [-0.39, 0.29) is 5.91 Å². The lowest BCUT2D eigenvalue weighted by molar-refractivity contribution is 0.102. The van der Waals surface area contributed by atoms with Gasteiger partial charge in [0.05, 0.1) is 0 Å². The fraction of sp³-hybridized carbons (Fsp3) is 0.250. The first-order valence-corrected chi connectivity index (χ1v) is 7.82. The highest BCUT2D eigenvalue weighted by atomic mass is 16.1. The topological polar surface area (TPSA) is 32.3 Å². The largest absolute Gasteiger partial charge is 0.378 e. The van der Waals surface area contributed by atoms with Gasteiger partial charge < -0.3 is 10.2 Å². The molecule has 0 bridgehead atoms. The minimum atomic E-state index is -0.0969. The van der Waals surface area contributed by atoms with Crippen LogP contribution in [0.1, 0.15) is 29.8 Å². The van der Waals surface area contributed by atoms with Crippen molar-refractivity contribution in [2.75, 3.05) is 24.3 Å². The lowest BCUT2D eigenvalue weighted by atomic mass is 10.1. The SMILES string of the molecule is CC(C)C=Cc1ccc(C(=O)Nc2cccc(N(C)C)c2)cc1. The van der Waals surface area contributed by atoms with Gasteiger partial charge in [-0.3, -0.25) is 4.79 Å². The Morgan fingerprint density at radius 1 is 1.09 bits per heavy atom. The number of carbonyl (C=O) groups excluding carboxylic acids is 1. The third kappa shape index (κ3) is 4.99. The summed E-state index contributed by atoms with van der Waals surface area (Å²) in [5.74, 6) is 0.419. The van der Waals surface area contributed by atoms with Crippen LogP contribution in [0.3, 0.4) is 0 Å². The van der Waals surface area contributed by atoms with E-state index in [4.69, 9.17) is 0 Å². The van der Waals surface area contributed by atoms with E-state index in [9.17, 15) is 4.79 Å². The number of anilines is 2. The van der Waals surface area contributed by atoms with Crippen molar-refractivity contribution in [1.82, 2.24) is 0 Å². The van der Waals surface area contributed by atoms with Crippen LogP contribution >= 0.6 is 0 Å². The van der Waals surface area contributed by atoms with Gasteiger partial charge in [-0.1, -0.05) is 44.2 Å². The number of hydrogen-bond donors (Lipinski definition) is 1. The molecule has 3 nitrogen and oxygen atoms in total. The van der Waals surface area contributed by atoms with Crippen molar-refractivity contribution in [1.29, 1.82) is 0 Å². The van der Waals surface area contributed by atoms with Crippen molar-refractivity contribution in [2.24, 2.45) is 5.92 Å². The molecule has 0 atom stereocenters. The minimum Gasteiger partial charge on any atom is -0.378 e. The lowest BCUT2D eigenvalue weighted by Gasteiger charge is -2.14. The summed E-state index contributed by atoms with van der Waals surface area (Å²) >= 11 is 0. The van der Waals surface area contributed by atoms with Gasteiger partial charge in [0.15, 0.2) is 0 Å². The van der Waals surface area contributed by atoms with Crippen LogP contribution in [0, 0.1) is 5.92 Å². The average Bonchev–Trinajstić information content (AvgIpc) is 2.53. The summed E-state index contributed by atoms with van der Waals surface area (Å²) in [4.78, 5) is 14.3. The summed E-state index contributed by atoms with van der Waals surface area (Å²) in [7, 11) is 3.95. The van der Waals surface area contributed by atoms with E-state index >= 15 is 0 Å². The molecule has 3 heteroatoms. The Kier molecular flexibility index (Phi) is 5.58. The number of carbonyl (C=O) groups is 1. The van der Waals surface area contributed by atoms with Crippen molar-refractivity contribution in [2.45, 2.75) is 13.8 Å². The molecule has 0 saturated heterocycles. The van der Waals surface area contributed by atoms with Gasteiger partial charge in [0.2, 0.25) is 0 Å². The van der Waals surface area contributed by atoms with Crippen LogP contribution in [0.2, 0.25) is 0 Å². The number of hydrogen-bond acceptors (Lipinski definition) is 2. The van der Waals surface area contributed by atoms with E-state index < -0.39 is 0 Å². The number of nitrogens with zero attached hydrogens (tertiary/aromatic N) is 1.